The molecule has 0 saturated carbocycles. The first kappa shape index (κ1) is 19.1. The van der Waals surface area contributed by atoms with E-state index in [9.17, 15) is 14.0 Å². The van der Waals surface area contributed by atoms with Crippen LogP contribution in [0.15, 0.2) is 59.7 Å². The molecule has 1 aromatic rings. The monoisotopic (exact) mass is 369 g/mol. The Morgan fingerprint density at radius 2 is 2.04 bits per heavy atom. The minimum absolute atomic E-state index is 0.0983. The lowest BCUT2D eigenvalue weighted by Crippen LogP contribution is -2.25. The first-order valence-electron chi connectivity index (χ1n) is 9.23. The Hall–Kier alpha value is -2.69. The number of esters is 1. The third kappa shape index (κ3) is 4.73. The molecule has 1 aliphatic heterocycles. The zero-order valence-corrected chi connectivity index (χ0v) is 15.5. The van der Waals surface area contributed by atoms with Crippen LogP contribution in [-0.2, 0) is 20.9 Å². The number of carbonyl (C=O) groups is 2. The summed E-state index contributed by atoms with van der Waals surface area (Å²) in [5.41, 5.74) is 3.16. The summed E-state index contributed by atoms with van der Waals surface area (Å²) in [5.74, 6) is -0.876. The summed E-state index contributed by atoms with van der Waals surface area (Å²) in [5, 5.41) is 2.90. The van der Waals surface area contributed by atoms with E-state index in [-0.39, 0.29) is 29.7 Å². The van der Waals surface area contributed by atoms with E-state index in [1.54, 1.807) is 12.1 Å². The van der Waals surface area contributed by atoms with Crippen molar-refractivity contribution in [3.63, 3.8) is 0 Å². The van der Waals surface area contributed by atoms with Crippen LogP contribution in [0.3, 0.4) is 0 Å². The van der Waals surface area contributed by atoms with Gasteiger partial charge in [-0.25, -0.2) is 9.18 Å². The van der Waals surface area contributed by atoms with Crippen molar-refractivity contribution in [2.24, 2.45) is 5.92 Å². The molecule has 5 heteroatoms. The molecule has 1 aliphatic carbocycles. The summed E-state index contributed by atoms with van der Waals surface area (Å²) < 4.78 is 18.4. The number of halogens is 1. The smallest absolute Gasteiger partial charge is 0.334 e. The second kappa shape index (κ2) is 8.33. The third-order valence-corrected chi connectivity index (χ3v) is 5.11. The van der Waals surface area contributed by atoms with E-state index in [1.165, 1.54) is 12.1 Å². The molecule has 2 aliphatic rings. The Kier molecular flexibility index (Phi) is 5.89. The van der Waals surface area contributed by atoms with Crippen LogP contribution < -0.4 is 5.32 Å². The average Bonchev–Trinajstić information content (AvgIpc) is 2.91. The molecule has 0 radical (unpaired) electrons. The molecule has 0 aromatic heterocycles. The lowest BCUT2D eigenvalue weighted by Gasteiger charge is -2.18. The zero-order chi connectivity index (χ0) is 19.4. The van der Waals surface area contributed by atoms with E-state index in [1.807, 2.05) is 19.1 Å². The topological polar surface area (TPSA) is 55.4 Å². The largest absolute Gasteiger partial charge is 0.454 e. The summed E-state index contributed by atoms with van der Waals surface area (Å²) in [4.78, 5) is 24.5. The first-order valence-corrected chi connectivity index (χ1v) is 9.23. The number of rotatable bonds is 3. The molecule has 0 bridgehead atoms. The van der Waals surface area contributed by atoms with Crippen LogP contribution in [0.25, 0.3) is 0 Å². The Morgan fingerprint density at radius 1 is 1.30 bits per heavy atom. The fraction of sp³-hybridized carbons (Fsp3) is 0.364. The highest BCUT2D eigenvalue weighted by molar-refractivity contribution is 5.93. The van der Waals surface area contributed by atoms with Crippen LogP contribution in [0.2, 0.25) is 0 Å². The SMILES string of the molecule is C=C1C(=O)O[C@H]2C=C(C)CC/C=C(/C(=O)NCc3ccc(F)cc3)CC[C@H]12. The van der Waals surface area contributed by atoms with Gasteiger partial charge in [0.25, 0.3) is 0 Å². The molecule has 1 amide bonds. The van der Waals surface area contributed by atoms with Gasteiger partial charge in [-0.1, -0.05) is 30.4 Å². The fourth-order valence-electron chi connectivity index (χ4n) is 3.47. The molecule has 1 aromatic carbocycles. The Labute approximate surface area is 158 Å². The molecule has 1 N–H and O–H groups in total. The van der Waals surface area contributed by atoms with Crippen molar-refractivity contribution >= 4 is 11.9 Å². The maximum atomic E-state index is 13.0. The van der Waals surface area contributed by atoms with Crippen LogP contribution in [0, 0.1) is 11.7 Å². The molecular formula is C22H24FNO3. The maximum Gasteiger partial charge on any atom is 0.334 e. The molecule has 0 unspecified atom stereocenters. The highest BCUT2D eigenvalue weighted by atomic mass is 19.1. The molecule has 0 spiro atoms. The highest BCUT2D eigenvalue weighted by Gasteiger charge is 2.37. The molecule has 27 heavy (non-hydrogen) atoms. The summed E-state index contributed by atoms with van der Waals surface area (Å²) in [6.07, 6.45) is 6.45. The molecule has 142 valence electrons. The molecule has 3 rings (SSSR count). The van der Waals surface area contributed by atoms with Crippen molar-refractivity contribution in [2.75, 3.05) is 0 Å². The van der Waals surface area contributed by atoms with Gasteiger partial charge in [0.2, 0.25) is 5.91 Å². The van der Waals surface area contributed by atoms with Crippen molar-refractivity contribution in [1.29, 1.82) is 0 Å². The molecule has 1 fully saturated rings. The lowest BCUT2D eigenvalue weighted by atomic mass is 9.87. The number of hydrogen-bond acceptors (Lipinski definition) is 3. The van der Waals surface area contributed by atoms with Gasteiger partial charge in [-0.2, -0.15) is 0 Å². The third-order valence-electron chi connectivity index (χ3n) is 5.11. The highest BCUT2D eigenvalue weighted by Crippen LogP contribution is 2.34. The minimum atomic E-state index is -0.348. The van der Waals surface area contributed by atoms with Crippen LogP contribution in [0.4, 0.5) is 4.39 Å². The van der Waals surface area contributed by atoms with Gasteiger partial charge in [0.15, 0.2) is 0 Å². The van der Waals surface area contributed by atoms with Gasteiger partial charge in [0.05, 0.1) is 0 Å². The number of nitrogens with one attached hydrogen (secondary N) is 1. The normalized spacial score (nSPS) is 25.0. The molecule has 1 heterocycles. The molecular weight excluding hydrogens is 345 g/mol. The number of hydrogen-bond donors (Lipinski definition) is 1. The number of carbonyl (C=O) groups excluding carboxylic acids is 2. The second-order valence-corrected chi connectivity index (χ2v) is 7.13. The summed E-state index contributed by atoms with van der Waals surface area (Å²) >= 11 is 0. The van der Waals surface area contributed by atoms with Gasteiger partial charge in [-0.15, -0.1) is 0 Å². The van der Waals surface area contributed by atoms with E-state index < -0.39 is 0 Å². The zero-order valence-electron chi connectivity index (χ0n) is 15.5. The number of ether oxygens (including phenoxy) is 1. The van der Waals surface area contributed by atoms with E-state index in [0.717, 1.165) is 24.0 Å². The van der Waals surface area contributed by atoms with Crippen molar-refractivity contribution in [3.8, 4) is 0 Å². The van der Waals surface area contributed by atoms with E-state index >= 15 is 0 Å². The van der Waals surface area contributed by atoms with Crippen molar-refractivity contribution < 1.29 is 18.7 Å². The summed E-state index contributed by atoms with van der Waals surface area (Å²) in [6.45, 7) is 6.22. The Morgan fingerprint density at radius 3 is 2.78 bits per heavy atom. The van der Waals surface area contributed by atoms with Crippen LogP contribution >= 0.6 is 0 Å². The van der Waals surface area contributed by atoms with Crippen molar-refractivity contribution in [1.82, 2.24) is 5.32 Å². The van der Waals surface area contributed by atoms with Gasteiger partial charge in [-0.05, 0) is 56.4 Å². The second-order valence-electron chi connectivity index (χ2n) is 7.13. The summed E-state index contributed by atoms with van der Waals surface area (Å²) in [7, 11) is 0. The van der Waals surface area contributed by atoms with E-state index in [4.69, 9.17) is 4.74 Å². The van der Waals surface area contributed by atoms with Crippen molar-refractivity contribution in [2.45, 2.75) is 45.3 Å². The van der Waals surface area contributed by atoms with E-state index in [2.05, 4.69) is 11.9 Å². The predicted molar refractivity (Wildman–Crippen MR) is 101 cm³/mol. The Bertz CT molecular complexity index is 807. The summed E-state index contributed by atoms with van der Waals surface area (Å²) in [6, 6.07) is 6.06. The molecule has 4 nitrogen and oxygen atoms in total. The van der Waals surface area contributed by atoms with Gasteiger partial charge in [0, 0.05) is 23.6 Å². The van der Waals surface area contributed by atoms with Gasteiger partial charge in [0.1, 0.15) is 11.9 Å². The number of amides is 1. The standard InChI is InChI=1S/C22H24FNO3/c1-14-4-3-5-17(8-11-19-15(2)22(26)27-20(19)12-14)21(25)24-13-16-6-9-18(23)10-7-16/h5-7,9-10,12,19-20H,2-4,8,11,13H2,1H3,(H,24,25)/b14-12?,17-5+/t19-,20+/m1/s1. The minimum Gasteiger partial charge on any atom is -0.454 e. The average molecular weight is 369 g/mol. The van der Waals surface area contributed by atoms with Gasteiger partial charge in [-0.3, -0.25) is 4.79 Å². The number of allylic oxidation sites excluding steroid dienone is 2. The first-order chi connectivity index (χ1) is 12.9. The van der Waals surface area contributed by atoms with Crippen LogP contribution in [-0.4, -0.2) is 18.0 Å². The molecule has 2 atom stereocenters. The fourth-order valence-corrected chi connectivity index (χ4v) is 3.47. The van der Waals surface area contributed by atoms with Crippen LogP contribution in [0.1, 0.15) is 38.2 Å². The number of benzene rings is 1. The van der Waals surface area contributed by atoms with Gasteiger partial charge >= 0.3 is 5.97 Å². The van der Waals surface area contributed by atoms with E-state index in [0.29, 0.717) is 30.5 Å². The number of fused-ring (bicyclic) bond motifs is 1. The maximum absolute atomic E-state index is 13.0. The molecule has 1 saturated heterocycles. The predicted octanol–water partition coefficient (Wildman–Crippen LogP) is 3.99. The van der Waals surface area contributed by atoms with Crippen molar-refractivity contribution in [3.05, 3.63) is 71.1 Å². The van der Waals surface area contributed by atoms with Gasteiger partial charge < -0.3 is 10.1 Å². The lowest BCUT2D eigenvalue weighted by molar-refractivity contribution is -0.137. The quantitative estimate of drug-likeness (QED) is 0.498. The Balaban J connectivity index is 1.68. The van der Waals surface area contributed by atoms with Crippen LogP contribution in [0.5, 0.6) is 0 Å².